The number of ketones is 1. The minimum Gasteiger partial charge on any atom is -0.316 e. The average Bonchev–Trinajstić information content (AvgIpc) is 3.15. The molecule has 0 saturated carbocycles. The lowest BCUT2D eigenvalue weighted by Crippen LogP contribution is -2.19. The first-order chi connectivity index (χ1) is 13.9. The Bertz CT molecular complexity index is 990. The lowest BCUT2D eigenvalue weighted by molar-refractivity contribution is 0.0979. The number of benzene rings is 2. The molecule has 1 aliphatic rings. The summed E-state index contributed by atoms with van der Waals surface area (Å²) >= 11 is 6.14. The second-order valence-electron chi connectivity index (χ2n) is 7.48. The van der Waals surface area contributed by atoms with Gasteiger partial charge in [0, 0.05) is 17.0 Å². The van der Waals surface area contributed by atoms with Crippen LogP contribution in [0, 0.1) is 0 Å². The summed E-state index contributed by atoms with van der Waals surface area (Å²) in [6, 6.07) is 11.1. The number of nitrogens with two attached hydrogens (primary N) is 1. The fourth-order valence-electron chi connectivity index (χ4n) is 3.81. The number of hydrogen-bond acceptors (Lipinski definition) is 4. The summed E-state index contributed by atoms with van der Waals surface area (Å²) in [6.45, 7) is 1.66. The van der Waals surface area contributed by atoms with Crippen molar-refractivity contribution in [2.45, 2.75) is 49.8 Å². The fraction of sp³-hybridized carbons (Fsp3) is 0.409. The molecule has 3 N–H and O–H groups in total. The molecule has 156 valence electrons. The van der Waals surface area contributed by atoms with Gasteiger partial charge in [0.1, 0.15) is 0 Å². The van der Waals surface area contributed by atoms with Crippen LogP contribution in [0.2, 0.25) is 5.02 Å². The summed E-state index contributed by atoms with van der Waals surface area (Å²) in [5.41, 5.74) is 3.31. The third kappa shape index (κ3) is 5.89. The minimum absolute atomic E-state index is 0.0272. The van der Waals surface area contributed by atoms with Crippen molar-refractivity contribution in [3.8, 4) is 0 Å². The second kappa shape index (κ2) is 9.85. The van der Waals surface area contributed by atoms with Gasteiger partial charge in [-0.15, -0.1) is 0 Å². The van der Waals surface area contributed by atoms with Gasteiger partial charge in [0.05, 0.1) is 4.90 Å². The zero-order chi connectivity index (χ0) is 20.9. The summed E-state index contributed by atoms with van der Waals surface area (Å²) in [6.07, 6.45) is 5.29. The van der Waals surface area contributed by atoms with Gasteiger partial charge in [-0.25, -0.2) is 13.6 Å². The van der Waals surface area contributed by atoms with Crippen molar-refractivity contribution in [1.82, 2.24) is 5.32 Å². The van der Waals surface area contributed by atoms with Crippen LogP contribution in [0.1, 0.15) is 52.7 Å². The Labute approximate surface area is 177 Å². The molecule has 0 unspecified atom stereocenters. The van der Waals surface area contributed by atoms with Crippen LogP contribution in [-0.2, 0) is 29.3 Å². The van der Waals surface area contributed by atoms with Crippen LogP contribution < -0.4 is 10.5 Å². The molecule has 3 rings (SSSR count). The van der Waals surface area contributed by atoms with Crippen LogP contribution in [0.25, 0.3) is 0 Å². The van der Waals surface area contributed by atoms with Gasteiger partial charge in [0.15, 0.2) is 5.78 Å². The number of rotatable bonds is 10. The lowest BCUT2D eigenvalue weighted by atomic mass is 10.0. The monoisotopic (exact) mass is 434 g/mol. The maximum Gasteiger partial charge on any atom is 0.238 e. The third-order valence-corrected chi connectivity index (χ3v) is 6.69. The minimum atomic E-state index is -3.82. The van der Waals surface area contributed by atoms with Gasteiger partial charge in [-0.05, 0) is 86.5 Å². The number of Topliss-reactive ketones (excluding diaryl/α,β-unsaturated/α-hetero) is 1. The van der Waals surface area contributed by atoms with Crippen molar-refractivity contribution in [1.29, 1.82) is 0 Å². The number of halogens is 1. The van der Waals surface area contributed by atoms with E-state index in [9.17, 15) is 13.2 Å². The quantitative estimate of drug-likeness (QED) is 0.441. The molecule has 0 radical (unpaired) electrons. The van der Waals surface area contributed by atoms with E-state index in [0.717, 1.165) is 66.9 Å². The smallest absolute Gasteiger partial charge is 0.238 e. The Kier molecular flexibility index (Phi) is 7.46. The van der Waals surface area contributed by atoms with Crippen LogP contribution in [0.3, 0.4) is 0 Å². The van der Waals surface area contributed by atoms with E-state index >= 15 is 0 Å². The van der Waals surface area contributed by atoms with Gasteiger partial charge in [0.2, 0.25) is 10.0 Å². The average molecular weight is 435 g/mol. The van der Waals surface area contributed by atoms with Gasteiger partial charge >= 0.3 is 0 Å². The molecule has 1 aliphatic carbocycles. The summed E-state index contributed by atoms with van der Waals surface area (Å²) in [4.78, 5) is 12.7. The van der Waals surface area contributed by atoms with Crippen molar-refractivity contribution in [3.05, 3.63) is 63.7 Å². The molecule has 2 aromatic carbocycles. The van der Waals surface area contributed by atoms with Crippen LogP contribution in [0.5, 0.6) is 0 Å². The van der Waals surface area contributed by atoms with Crippen molar-refractivity contribution in [2.75, 3.05) is 13.1 Å². The van der Waals surface area contributed by atoms with Crippen molar-refractivity contribution in [2.24, 2.45) is 5.14 Å². The maximum absolute atomic E-state index is 12.6. The molecule has 7 heteroatoms. The molecule has 0 spiro atoms. The van der Waals surface area contributed by atoms with E-state index in [2.05, 4.69) is 5.32 Å². The van der Waals surface area contributed by atoms with Gasteiger partial charge in [-0.1, -0.05) is 29.8 Å². The van der Waals surface area contributed by atoms with Gasteiger partial charge < -0.3 is 5.32 Å². The number of carbonyl (C=O) groups is 1. The molecule has 0 amide bonds. The number of aryl methyl sites for hydroxylation is 1. The van der Waals surface area contributed by atoms with E-state index < -0.39 is 10.0 Å². The molecule has 0 aliphatic heterocycles. The zero-order valence-electron chi connectivity index (χ0n) is 16.4. The predicted molar refractivity (Wildman–Crippen MR) is 116 cm³/mol. The summed E-state index contributed by atoms with van der Waals surface area (Å²) in [5.74, 6) is -0.0272. The summed E-state index contributed by atoms with van der Waals surface area (Å²) in [5, 5.41) is 9.52. The molecule has 2 aromatic rings. The second-order valence-corrected chi connectivity index (χ2v) is 9.42. The first kappa shape index (κ1) is 22.0. The van der Waals surface area contributed by atoms with Crippen molar-refractivity contribution in [3.63, 3.8) is 0 Å². The number of nitrogens with one attached hydrogen (secondary N) is 1. The Morgan fingerprint density at radius 1 is 1.10 bits per heavy atom. The van der Waals surface area contributed by atoms with Gasteiger partial charge in [0.25, 0.3) is 0 Å². The highest BCUT2D eigenvalue weighted by Gasteiger charge is 2.23. The topological polar surface area (TPSA) is 89.3 Å². The van der Waals surface area contributed by atoms with E-state index in [0.29, 0.717) is 18.4 Å². The highest BCUT2D eigenvalue weighted by molar-refractivity contribution is 7.89. The van der Waals surface area contributed by atoms with Crippen LogP contribution >= 0.6 is 11.6 Å². The molecular formula is C22H27ClN2O3S. The molecule has 29 heavy (non-hydrogen) atoms. The first-order valence-electron chi connectivity index (χ1n) is 10.0. The Morgan fingerprint density at radius 2 is 1.90 bits per heavy atom. The standard InChI is InChI=1S/C22H27ClN2O3S/c23-20-9-2-1-6-16(20)11-13-25-12-4-3-10-21(26)18-14-17-7-5-8-19(17)22(15-18)29(24,27)28/h1-2,6,9,14-15,25H,3-5,7-8,10-13H2,(H2,24,27,28). The normalized spacial score (nSPS) is 13.4. The van der Waals surface area contributed by atoms with E-state index in [1.165, 1.54) is 6.07 Å². The number of primary sulfonamides is 1. The molecule has 0 bridgehead atoms. The van der Waals surface area contributed by atoms with E-state index in [4.69, 9.17) is 16.7 Å². The fourth-order valence-corrected chi connectivity index (χ4v) is 4.91. The van der Waals surface area contributed by atoms with Crippen LogP contribution in [-0.4, -0.2) is 27.3 Å². The summed E-state index contributed by atoms with van der Waals surface area (Å²) in [7, 11) is -3.82. The lowest BCUT2D eigenvalue weighted by Gasteiger charge is -2.10. The Hall–Kier alpha value is -1.73. The van der Waals surface area contributed by atoms with Crippen LogP contribution in [0.15, 0.2) is 41.3 Å². The molecule has 0 heterocycles. The molecule has 0 aromatic heterocycles. The number of carbonyl (C=O) groups excluding carboxylic acids is 1. The number of unbranched alkanes of at least 4 members (excludes halogenated alkanes) is 1. The third-order valence-electron chi connectivity index (χ3n) is 5.34. The number of fused-ring (bicyclic) bond motifs is 1. The number of hydrogen-bond donors (Lipinski definition) is 2. The molecule has 0 atom stereocenters. The van der Waals surface area contributed by atoms with Crippen molar-refractivity contribution >= 4 is 27.4 Å². The Balaban J connectivity index is 1.45. The highest BCUT2D eigenvalue weighted by Crippen LogP contribution is 2.30. The molecule has 5 nitrogen and oxygen atoms in total. The van der Waals surface area contributed by atoms with E-state index in [1.54, 1.807) is 0 Å². The maximum atomic E-state index is 12.6. The number of sulfonamides is 1. The Morgan fingerprint density at radius 3 is 2.66 bits per heavy atom. The summed E-state index contributed by atoms with van der Waals surface area (Å²) < 4.78 is 23.8. The van der Waals surface area contributed by atoms with Gasteiger partial charge in [-0.3, -0.25) is 4.79 Å². The molecular weight excluding hydrogens is 408 g/mol. The largest absolute Gasteiger partial charge is 0.316 e. The SMILES string of the molecule is NS(=O)(=O)c1cc(C(=O)CCCCNCCc2ccccc2Cl)cc2c1CCC2. The first-order valence-corrected chi connectivity index (χ1v) is 11.9. The zero-order valence-corrected chi connectivity index (χ0v) is 18.0. The van der Waals surface area contributed by atoms with Crippen molar-refractivity contribution < 1.29 is 13.2 Å². The molecule has 0 fully saturated rings. The van der Waals surface area contributed by atoms with E-state index in [1.807, 2.05) is 30.3 Å². The van der Waals surface area contributed by atoms with Gasteiger partial charge in [-0.2, -0.15) is 0 Å². The van der Waals surface area contributed by atoms with E-state index in [-0.39, 0.29) is 10.7 Å². The van der Waals surface area contributed by atoms with Crippen LogP contribution in [0.4, 0.5) is 0 Å². The highest BCUT2D eigenvalue weighted by atomic mass is 35.5. The molecule has 0 saturated heterocycles. The predicted octanol–water partition coefficient (Wildman–Crippen LogP) is 3.66.